The number of halogens is 1. The van der Waals surface area contributed by atoms with Gasteiger partial charge in [0.05, 0.1) is 0 Å². The Morgan fingerprint density at radius 3 is 2.48 bits per heavy atom. The number of rotatable bonds is 9. The molecule has 0 aliphatic carbocycles. The van der Waals surface area contributed by atoms with Gasteiger partial charge in [-0.25, -0.2) is 4.39 Å². The van der Waals surface area contributed by atoms with Crippen molar-refractivity contribution >= 4 is 0 Å². The lowest BCUT2D eigenvalue weighted by Crippen LogP contribution is -2.53. The summed E-state index contributed by atoms with van der Waals surface area (Å²) in [4.78, 5) is 4.61. The fraction of sp³-hybridized carbons (Fsp3) is 0.647. The highest BCUT2D eigenvalue weighted by Gasteiger charge is 2.29. The summed E-state index contributed by atoms with van der Waals surface area (Å²) in [6.07, 6.45) is 1.89. The van der Waals surface area contributed by atoms with E-state index in [0.29, 0.717) is 6.54 Å². The molecule has 0 heterocycles. The summed E-state index contributed by atoms with van der Waals surface area (Å²) < 4.78 is 13.4. The summed E-state index contributed by atoms with van der Waals surface area (Å²) in [5.41, 5.74) is 6.93. The van der Waals surface area contributed by atoms with Crippen LogP contribution >= 0.6 is 0 Å². The molecule has 0 amide bonds. The zero-order chi connectivity index (χ0) is 15.9. The Kier molecular flexibility index (Phi) is 7.29. The van der Waals surface area contributed by atoms with Gasteiger partial charge in [-0.1, -0.05) is 19.1 Å². The van der Waals surface area contributed by atoms with Crippen molar-refractivity contribution in [3.05, 3.63) is 35.6 Å². The molecule has 0 bridgehead atoms. The SMILES string of the molecule is CCN(CCCN(C)C)C(C)(CN)Cc1cccc(F)c1. The molecule has 0 radical (unpaired) electrons. The lowest BCUT2D eigenvalue weighted by Gasteiger charge is -2.40. The maximum atomic E-state index is 13.4. The van der Waals surface area contributed by atoms with Crippen molar-refractivity contribution < 1.29 is 4.39 Å². The van der Waals surface area contributed by atoms with E-state index in [1.54, 1.807) is 12.1 Å². The van der Waals surface area contributed by atoms with Gasteiger partial charge in [-0.15, -0.1) is 0 Å². The molecule has 21 heavy (non-hydrogen) atoms. The van der Waals surface area contributed by atoms with Crippen molar-refractivity contribution in [2.75, 3.05) is 40.3 Å². The van der Waals surface area contributed by atoms with Crippen LogP contribution in [0.15, 0.2) is 24.3 Å². The van der Waals surface area contributed by atoms with Gasteiger partial charge < -0.3 is 10.6 Å². The number of likely N-dealkylation sites (N-methyl/N-ethyl adjacent to an activating group) is 1. The summed E-state index contributed by atoms with van der Waals surface area (Å²) in [5.74, 6) is -0.178. The zero-order valence-corrected chi connectivity index (χ0v) is 13.9. The van der Waals surface area contributed by atoms with Crippen molar-refractivity contribution in [2.24, 2.45) is 5.73 Å². The second-order valence-corrected chi connectivity index (χ2v) is 6.24. The Labute approximate surface area is 128 Å². The summed E-state index contributed by atoms with van der Waals surface area (Å²) in [6, 6.07) is 6.84. The van der Waals surface area contributed by atoms with Crippen molar-refractivity contribution in [2.45, 2.75) is 32.2 Å². The largest absolute Gasteiger partial charge is 0.329 e. The molecular weight excluding hydrogens is 265 g/mol. The Bertz CT molecular complexity index is 422. The van der Waals surface area contributed by atoms with Crippen molar-refractivity contribution in [3.63, 3.8) is 0 Å². The minimum absolute atomic E-state index is 0.130. The van der Waals surface area contributed by atoms with Crippen LogP contribution in [0.3, 0.4) is 0 Å². The minimum Gasteiger partial charge on any atom is -0.329 e. The van der Waals surface area contributed by atoms with E-state index in [1.165, 1.54) is 6.07 Å². The molecule has 1 rings (SSSR count). The first-order valence-corrected chi connectivity index (χ1v) is 7.75. The van der Waals surface area contributed by atoms with E-state index < -0.39 is 0 Å². The van der Waals surface area contributed by atoms with E-state index in [4.69, 9.17) is 5.73 Å². The standard InChI is InChI=1S/C17H30FN3/c1-5-21(11-7-10-20(3)4)17(2,14-19)13-15-8-6-9-16(18)12-15/h6,8-9,12H,5,7,10-11,13-14,19H2,1-4H3. The Morgan fingerprint density at radius 1 is 1.24 bits per heavy atom. The molecular formula is C17H30FN3. The first kappa shape index (κ1) is 18.1. The van der Waals surface area contributed by atoms with E-state index >= 15 is 0 Å². The average Bonchev–Trinajstić information content (AvgIpc) is 2.43. The third kappa shape index (κ3) is 5.73. The van der Waals surface area contributed by atoms with Crippen LogP contribution in [0.1, 0.15) is 25.8 Å². The lowest BCUT2D eigenvalue weighted by molar-refractivity contribution is 0.112. The fourth-order valence-corrected chi connectivity index (χ4v) is 2.79. The van der Waals surface area contributed by atoms with Crippen LogP contribution in [0.2, 0.25) is 0 Å². The Hall–Kier alpha value is -0.970. The number of hydrogen-bond donors (Lipinski definition) is 1. The van der Waals surface area contributed by atoms with Crippen molar-refractivity contribution in [3.8, 4) is 0 Å². The summed E-state index contributed by atoms with van der Waals surface area (Å²) in [5, 5.41) is 0. The molecule has 0 spiro atoms. The maximum absolute atomic E-state index is 13.4. The zero-order valence-electron chi connectivity index (χ0n) is 13.9. The molecule has 2 N–H and O–H groups in total. The van der Waals surface area contributed by atoms with Gasteiger partial charge in [0.1, 0.15) is 5.82 Å². The Morgan fingerprint density at radius 2 is 1.95 bits per heavy atom. The predicted octanol–water partition coefficient (Wildman–Crippen LogP) is 2.36. The Balaban J connectivity index is 2.75. The molecule has 0 saturated heterocycles. The molecule has 0 aliphatic heterocycles. The molecule has 1 unspecified atom stereocenters. The van der Waals surface area contributed by atoms with Crippen LogP contribution in [-0.2, 0) is 6.42 Å². The van der Waals surface area contributed by atoms with Crippen molar-refractivity contribution in [1.82, 2.24) is 9.80 Å². The molecule has 0 fully saturated rings. The van der Waals surface area contributed by atoms with Crippen LogP contribution in [0.4, 0.5) is 4.39 Å². The number of benzene rings is 1. The van der Waals surface area contributed by atoms with Crippen molar-refractivity contribution in [1.29, 1.82) is 0 Å². The summed E-state index contributed by atoms with van der Waals surface area (Å²) >= 11 is 0. The lowest BCUT2D eigenvalue weighted by atomic mass is 9.90. The van der Waals surface area contributed by atoms with E-state index in [-0.39, 0.29) is 11.4 Å². The van der Waals surface area contributed by atoms with Gasteiger partial charge in [0.25, 0.3) is 0 Å². The van der Waals surface area contributed by atoms with Gasteiger partial charge in [-0.2, -0.15) is 0 Å². The molecule has 0 saturated carbocycles. The average molecular weight is 295 g/mol. The molecule has 1 aromatic rings. The highest BCUT2D eigenvalue weighted by atomic mass is 19.1. The predicted molar refractivity (Wildman–Crippen MR) is 88.0 cm³/mol. The smallest absolute Gasteiger partial charge is 0.123 e. The van der Waals surface area contributed by atoms with E-state index in [2.05, 4.69) is 37.7 Å². The van der Waals surface area contributed by atoms with Crippen LogP contribution in [0, 0.1) is 5.82 Å². The molecule has 1 aromatic carbocycles. The highest BCUT2D eigenvalue weighted by molar-refractivity contribution is 5.19. The second kappa shape index (κ2) is 8.47. The van der Waals surface area contributed by atoms with Crippen LogP contribution in [-0.4, -0.2) is 55.6 Å². The molecule has 0 aromatic heterocycles. The van der Waals surface area contributed by atoms with Crippen LogP contribution in [0.25, 0.3) is 0 Å². The topological polar surface area (TPSA) is 32.5 Å². The molecule has 120 valence electrons. The summed E-state index contributed by atoms with van der Waals surface area (Å²) in [7, 11) is 4.18. The highest BCUT2D eigenvalue weighted by Crippen LogP contribution is 2.21. The first-order valence-electron chi connectivity index (χ1n) is 7.75. The fourth-order valence-electron chi connectivity index (χ4n) is 2.79. The van der Waals surface area contributed by atoms with Gasteiger partial charge in [0.15, 0.2) is 0 Å². The monoisotopic (exact) mass is 295 g/mol. The molecule has 4 heteroatoms. The quantitative estimate of drug-likeness (QED) is 0.759. The second-order valence-electron chi connectivity index (χ2n) is 6.24. The first-order chi connectivity index (χ1) is 9.91. The van der Waals surface area contributed by atoms with Gasteiger partial charge in [0, 0.05) is 12.1 Å². The van der Waals surface area contributed by atoms with Gasteiger partial charge in [-0.3, -0.25) is 4.90 Å². The maximum Gasteiger partial charge on any atom is 0.123 e. The van der Waals surface area contributed by atoms with E-state index in [0.717, 1.165) is 38.0 Å². The van der Waals surface area contributed by atoms with E-state index in [1.807, 2.05) is 6.07 Å². The van der Waals surface area contributed by atoms with Gasteiger partial charge >= 0.3 is 0 Å². The number of nitrogens with zero attached hydrogens (tertiary/aromatic N) is 2. The van der Waals surface area contributed by atoms with E-state index in [9.17, 15) is 4.39 Å². The minimum atomic E-state index is -0.178. The molecule has 0 aliphatic rings. The van der Waals surface area contributed by atoms with Crippen LogP contribution in [0.5, 0.6) is 0 Å². The number of nitrogens with two attached hydrogens (primary N) is 1. The summed E-state index contributed by atoms with van der Waals surface area (Å²) in [6.45, 7) is 7.94. The third-order valence-electron chi connectivity index (χ3n) is 4.09. The number of hydrogen-bond acceptors (Lipinski definition) is 3. The molecule has 3 nitrogen and oxygen atoms in total. The van der Waals surface area contributed by atoms with Gasteiger partial charge in [0.2, 0.25) is 0 Å². The molecule has 1 atom stereocenters. The van der Waals surface area contributed by atoms with Gasteiger partial charge in [-0.05, 0) is 71.2 Å². The normalized spacial score (nSPS) is 14.7. The van der Waals surface area contributed by atoms with Crippen LogP contribution < -0.4 is 5.73 Å². The third-order valence-corrected chi connectivity index (χ3v) is 4.09.